The number of benzene rings is 2. The summed E-state index contributed by atoms with van der Waals surface area (Å²) in [5.74, 6) is 0.0171. The van der Waals surface area contributed by atoms with E-state index in [4.69, 9.17) is 0 Å². The van der Waals surface area contributed by atoms with E-state index in [0.717, 1.165) is 22.5 Å². The third-order valence-corrected chi connectivity index (χ3v) is 4.83. The van der Waals surface area contributed by atoms with Crippen LogP contribution in [-0.2, 0) is 6.54 Å². The Morgan fingerprint density at radius 2 is 1.68 bits per heavy atom. The number of ketones is 1. The van der Waals surface area contributed by atoms with Gasteiger partial charge in [0.25, 0.3) is 5.91 Å². The molecule has 0 fully saturated rings. The van der Waals surface area contributed by atoms with Gasteiger partial charge in [-0.05, 0) is 56.2 Å². The molecular formula is C23H25N3O2. The zero-order valence-corrected chi connectivity index (χ0v) is 16.8. The van der Waals surface area contributed by atoms with E-state index in [9.17, 15) is 9.59 Å². The Morgan fingerprint density at radius 3 is 2.29 bits per heavy atom. The van der Waals surface area contributed by atoms with Crippen molar-refractivity contribution in [3.63, 3.8) is 0 Å². The summed E-state index contributed by atoms with van der Waals surface area (Å²) >= 11 is 0. The van der Waals surface area contributed by atoms with Gasteiger partial charge >= 0.3 is 0 Å². The van der Waals surface area contributed by atoms with Crippen LogP contribution in [0, 0.1) is 13.8 Å². The van der Waals surface area contributed by atoms with Crippen LogP contribution < -0.4 is 0 Å². The Morgan fingerprint density at radius 1 is 0.964 bits per heavy atom. The number of carbonyl (C=O) groups excluding carboxylic acids is 2. The molecule has 0 aliphatic heterocycles. The highest BCUT2D eigenvalue weighted by Gasteiger charge is 2.13. The largest absolute Gasteiger partial charge is 0.340 e. The Balaban J connectivity index is 1.68. The van der Waals surface area contributed by atoms with Crippen LogP contribution in [-0.4, -0.2) is 40.0 Å². The maximum atomic E-state index is 12.7. The summed E-state index contributed by atoms with van der Waals surface area (Å²) in [6, 6.07) is 17.0. The molecule has 1 aromatic heterocycles. The molecule has 3 rings (SSSR count). The molecule has 2 aromatic carbocycles. The molecule has 0 atom stereocenters. The summed E-state index contributed by atoms with van der Waals surface area (Å²) in [7, 11) is 1.80. The molecule has 144 valence electrons. The molecule has 0 spiro atoms. The second-order valence-electron chi connectivity index (χ2n) is 7.09. The highest BCUT2D eigenvalue weighted by molar-refractivity contribution is 5.96. The number of hydrogen-bond donors (Lipinski definition) is 0. The predicted molar refractivity (Wildman–Crippen MR) is 111 cm³/mol. The number of Topliss-reactive ketones (excluding diaryl/α,β-unsaturated/α-hetero) is 1. The fourth-order valence-corrected chi connectivity index (χ4v) is 3.19. The Bertz CT molecular complexity index is 1000. The van der Waals surface area contributed by atoms with Crippen LogP contribution in [0.4, 0.5) is 0 Å². The van der Waals surface area contributed by atoms with E-state index in [2.05, 4.69) is 5.10 Å². The molecular weight excluding hydrogens is 350 g/mol. The van der Waals surface area contributed by atoms with Gasteiger partial charge in [-0.25, -0.2) is 0 Å². The maximum Gasteiger partial charge on any atom is 0.253 e. The summed E-state index contributed by atoms with van der Waals surface area (Å²) in [5, 5.41) is 4.43. The van der Waals surface area contributed by atoms with Crippen molar-refractivity contribution >= 4 is 11.7 Å². The summed E-state index contributed by atoms with van der Waals surface area (Å²) in [6.07, 6.45) is 0. The fraction of sp³-hybridized carbons (Fsp3) is 0.261. The Hall–Kier alpha value is -3.21. The minimum Gasteiger partial charge on any atom is -0.340 e. The zero-order valence-electron chi connectivity index (χ0n) is 16.8. The van der Waals surface area contributed by atoms with Gasteiger partial charge in [0.15, 0.2) is 5.78 Å². The molecule has 0 bridgehead atoms. The van der Waals surface area contributed by atoms with E-state index in [1.807, 2.05) is 73.1 Å². The summed E-state index contributed by atoms with van der Waals surface area (Å²) < 4.78 is 1.92. The van der Waals surface area contributed by atoms with E-state index in [1.165, 1.54) is 0 Å². The second-order valence-corrected chi connectivity index (χ2v) is 7.09. The first-order valence-electron chi connectivity index (χ1n) is 9.33. The first kappa shape index (κ1) is 19.5. The fourth-order valence-electron chi connectivity index (χ4n) is 3.19. The van der Waals surface area contributed by atoms with Crippen molar-refractivity contribution in [2.24, 2.45) is 0 Å². The molecule has 0 saturated heterocycles. The van der Waals surface area contributed by atoms with Gasteiger partial charge in [0.2, 0.25) is 0 Å². The molecule has 0 saturated carbocycles. The predicted octanol–water partition coefficient (Wildman–Crippen LogP) is 4.14. The number of nitrogens with zero attached hydrogens (tertiary/aromatic N) is 3. The molecule has 3 aromatic rings. The molecule has 0 N–H and O–H groups in total. The minimum absolute atomic E-state index is 0.0226. The molecule has 0 unspecified atom stereocenters. The Kier molecular flexibility index (Phi) is 5.73. The van der Waals surface area contributed by atoms with Crippen LogP contribution in [0.3, 0.4) is 0 Å². The van der Waals surface area contributed by atoms with Crippen molar-refractivity contribution in [3.8, 4) is 11.1 Å². The molecule has 28 heavy (non-hydrogen) atoms. The number of aromatic nitrogens is 2. The van der Waals surface area contributed by atoms with E-state index < -0.39 is 0 Å². The van der Waals surface area contributed by atoms with Crippen LogP contribution in [0.1, 0.15) is 39.0 Å². The van der Waals surface area contributed by atoms with E-state index in [0.29, 0.717) is 24.2 Å². The molecule has 1 amide bonds. The van der Waals surface area contributed by atoms with Gasteiger partial charge in [-0.15, -0.1) is 0 Å². The third kappa shape index (κ3) is 4.36. The van der Waals surface area contributed by atoms with Crippen LogP contribution in [0.5, 0.6) is 0 Å². The number of carbonyl (C=O) groups is 2. The summed E-state index contributed by atoms with van der Waals surface area (Å²) in [4.78, 5) is 26.0. The molecule has 5 nitrogen and oxygen atoms in total. The average molecular weight is 375 g/mol. The first-order valence-corrected chi connectivity index (χ1v) is 9.33. The molecule has 5 heteroatoms. The first-order chi connectivity index (χ1) is 13.3. The van der Waals surface area contributed by atoms with Gasteiger partial charge in [0, 0.05) is 30.4 Å². The summed E-state index contributed by atoms with van der Waals surface area (Å²) in [5.41, 5.74) is 5.34. The number of rotatable bonds is 6. The topological polar surface area (TPSA) is 55.2 Å². The van der Waals surface area contributed by atoms with Crippen molar-refractivity contribution < 1.29 is 9.59 Å². The van der Waals surface area contributed by atoms with Gasteiger partial charge in [-0.3, -0.25) is 14.3 Å². The molecule has 0 aliphatic rings. The van der Waals surface area contributed by atoms with Gasteiger partial charge < -0.3 is 4.90 Å². The maximum absolute atomic E-state index is 12.7. The Labute approximate surface area is 165 Å². The summed E-state index contributed by atoms with van der Waals surface area (Å²) in [6.45, 7) is 6.79. The number of aryl methyl sites for hydroxylation is 2. The van der Waals surface area contributed by atoms with Crippen molar-refractivity contribution in [2.75, 3.05) is 13.6 Å². The highest BCUT2D eigenvalue weighted by atomic mass is 16.2. The quantitative estimate of drug-likeness (QED) is 0.609. The van der Waals surface area contributed by atoms with E-state index >= 15 is 0 Å². The van der Waals surface area contributed by atoms with Gasteiger partial charge in [0.05, 0.1) is 12.2 Å². The van der Waals surface area contributed by atoms with Gasteiger partial charge in [-0.1, -0.05) is 30.3 Å². The number of likely N-dealkylation sites (N-methyl/N-ethyl adjacent to an activating group) is 1. The average Bonchev–Trinajstić information content (AvgIpc) is 3.02. The van der Waals surface area contributed by atoms with Gasteiger partial charge in [-0.2, -0.15) is 5.10 Å². The smallest absolute Gasteiger partial charge is 0.253 e. The van der Waals surface area contributed by atoms with Crippen LogP contribution in [0.15, 0.2) is 54.6 Å². The van der Waals surface area contributed by atoms with Crippen molar-refractivity contribution in [1.29, 1.82) is 0 Å². The minimum atomic E-state index is -0.0226. The second kappa shape index (κ2) is 8.21. The molecule has 1 heterocycles. The standard InChI is InChI=1S/C23H25N3O2/c1-16-14-17(2)26(24-16)13-12-25(4)23(28)20-10-8-19(9-11-20)22-7-5-6-21(15-22)18(3)27/h5-11,14-15H,12-13H2,1-4H3. The lowest BCUT2D eigenvalue weighted by Gasteiger charge is -2.18. The van der Waals surface area contributed by atoms with Crippen molar-refractivity contribution in [2.45, 2.75) is 27.3 Å². The number of amides is 1. The highest BCUT2D eigenvalue weighted by Crippen LogP contribution is 2.21. The molecule has 0 radical (unpaired) electrons. The van der Waals surface area contributed by atoms with Crippen LogP contribution >= 0.6 is 0 Å². The SMILES string of the molecule is CC(=O)c1cccc(-c2ccc(C(=O)N(C)CCn3nc(C)cc3C)cc2)c1. The van der Waals surface area contributed by atoms with Crippen LogP contribution in [0.25, 0.3) is 11.1 Å². The van der Waals surface area contributed by atoms with Gasteiger partial charge in [0.1, 0.15) is 0 Å². The van der Waals surface area contributed by atoms with Crippen molar-refractivity contribution in [1.82, 2.24) is 14.7 Å². The zero-order chi connectivity index (χ0) is 20.3. The molecule has 0 aliphatic carbocycles. The monoisotopic (exact) mass is 375 g/mol. The lowest BCUT2D eigenvalue weighted by atomic mass is 10.0. The normalized spacial score (nSPS) is 10.7. The number of hydrogen-bond acceptors (Lipinski definition) is 3. The lowest BCUT2D eigenvalue weighted by molar-refractivity contribution is 0.0788. The lowest BCUT2D eigenvalue weighted by Crippen LogP contribution is -2.30. The van der Waals surface area contributed by atoms with E-state index in [-0.39, 0.29) is 11.7 Å². The third-order valence-electron chi connectivity index (χ3n) is 4.83. The van der Waals surface area contributed by atoms with Crippen LogP contribution in [0.2, 0.25) is 0 Å². The van der Waals surface area contributed by atoms with E-state index in [1.54, 1.807) is 18.9 Å². The van der Waals surface area contributed by atoms with Crippen molar-refractivity contribution in [3.05, 3.63) is 77.1 Å².